The van der Waals surface area contributed by atoms with Crippen molar-refractivity contribution < 1.29 is 23.5 Å². The summed E-state index contributed by atoms with van der Waals surface area (Å²) in [5.74, 6) is -0.0576. The molecule has 29 heavy (non-hydrogen) atoms. The Labute approximate surface area is 168 Å². The number of benzene rings is 2. The highest BCUT2D eigenvalue weighted by Gasteiger charge is 2.39. The molecule has 2 unspecified atom stereocenters. The monoisotopic (exact) mass is 395 g/mol. The lowest BCUT2D eigenvalue weighted by Gasteiger charge is -2.35. The number of methoxy groups -OCH3 is 2. The first-order chi connectivity index (χ1) is 14.0. The third kappa shape index (κ3) is 3.50. The zero-order valence-electron chi connectivity index (χ0n) is 16.3. The van der Waals surface area contributed by atoms with Gasteiger partial charge >= 0.3 is 0 Å². The van der Waals surface area contributed by atoms with Crippen LogP contribution in [0.3, 0.4) is 0 Å². The fraction of sp³-hybridized carbons (Fsp3) is 0.304. The van der Waals surface area contributed by atoms with Crippen LogP contribution in [-0.2, 0) is 9.59 Å². The molecule has 6 heteroatoms. The van der Waals surface area contributed by atoms with Crippen LogP contribution in [0.2, 0.25) is 0 Å². The summed E-state index contributed by atoms with van der Waals surface area (Å²) in [4.78, 5) is 25.5. The first-order valence-corrected chi connectivity index (χ1v) is 9.54. The lowest BCUT2D eigenvalue weighted by molar-refractivity contribution is -0.122. The van der Waals surface area contributed by atoms with Crippen LogP contribution >= 0.6 is 0 Å². The van der Waals surface area contributed by atoms with Crippen LogP contribution in [0.1, 0.15) is 42.2 Å². The van der Waals surface area contributed by atoms with Crippen molar-refractivity contribution in [3.63, 3.8) is 0 Å². The van der Waals surface area contributed by atoms with E-state index in [1.54, 1.807) is 38.5 Å². The molecule has 0 bridgehead atoms. The zero-order valence-corrected chi connectivity index (χ0v) is 16.3. The van der Waals surface area contributed by atoms with Gasteiger partial charge in [-0.3, -0.25) is 9.59 Å². The molecule has 0 aromatic heterocycles. The van der Waals surface area contributed by atoms with Gasteiger partial charge in [-0.2, -0.15) is 0 Å². The number of hydrogen-bond acceptors (Lipinski definition) is 4. The Balaban J connectivity index is 1.75. The molecule has 1 aliphatic heterocycles. The molecule has 0 radical (unpaired) electrons. The second-order valence-corrected chi connectivity index (χ2v) is 7.35. The number of carbonyl (C=O) groups excluding carboxylic acids is 2. The van der Waals surface area contributed by atoms with Crippen molar-refractivity contribution in [2.75, 3.05) is 14.2 Å². The number of rotatable bonds is 4. The molecule has 1 aliphatic carbocycles. The maximum absolute atomic E-state index is 14.4. The first-order valence-electron chi connectivity index (χ1n) is 9.54. The Bertz CT molecular complexity index is 1010. The Morgan fingerprint density at radius 1 is 0.966 bits per heavy atom. The third-order valence-corrected chi connectivity index (χ3v) is 5.69. The second-order valence-electron chi connectivity index (χ2n) is 7.35. The predicted molar refractivity (Wildman–Crippen MR) is 105 cm³/mol. The van der Waals surface area contributed by atoms with Crippen molar-refractivity contribution in [1.29, 1.82) is 0 Å². The average molecular weight is 395 g/mol. The van der Waals surface area contributed by atoms with Gasteiger partial charge in [0.15, 0.2) is 5.78 Å². The number of ether oxygens (including phenoxy) is 2. The number of nitrogens with one attached hydrogen (secondary N) is 1. The predicted octanol–water partition coefficient (Wildman–Crippen LogP) is 3.85. The smallest absolute Gasteiger partial charge is 0.225 e. The number of hydrogen-bond donors (Lipinski definition) is 1. The molecule has 0 saturated heterocycles. The summed E-state index contributed by atoms with van der Waals surface area (Å²) in [6, 6.07) is 11.8. The van der Waals surface area contributed by atoms with Crippen molar-refractivity contribution in [2.45, 2.75) is 31.1 Å². The van der Waals surface area contributed by atoms with Gasteiger partial charge in [0, 0.05) is 41.5 Å². The molecule has 5 nitrogen and oxygen atoms in total. The largest absolute Gasteiger partial charge is 0.497 e. The van der Waals surface area contributed by atoms with Crippen molar-refractivity contribution in [3.8, 4) is 11.5 Å². The van der Waals surface area contributed by atoms with Crippen LogP contribution < -0.4 is 14.8 Å². The van der Waals surface area contributed by atoms with E-state index in [0.717, 1.165) is 5.56 Å². The van der Waals surface area contributed by atoms with Crippen molar-refractivity contribution in [2.24, 2.45) is 0 Å². The number of halogens is 1. The van der Waals surface area contributed by atoms with Crippen molar-refractivity contribution in [1.82, 2.24) is 5.32 Å². The number of carbonyl (C=O) groups is 2. The summed E-state index contributed by atoms with van der Waals surface area (Å²) in [6.45, 7) is 0. The average Bonchev–Trinajstić information content (AvgIpc) is 2.72. The fourth-order valence-corrected chi connectivity index (χ4v) is 4.36. The molecule has 1 N–H and O–H groups in total. The van der Waals surface area contributed by atoms with E-state index in [0.29, 0.717) is 34.8 Å². The van der Waals surface area contributed by atoms with Gasteiger partial charge in [-0.25, -0.2) is 4.39 Å². The number of ketones is 1. The van der Waals surface area contributed by atoms with Gasteiger partial charge in [0.2, 0.25) is 5.91 Å². The summed E-state index contributed by atoms with van der Waals surface area (Å²) in [6.07, 6.45) is 0.809. The Kier molecular flexibility index (Phi) is 5.09. The van der Waals surface area contributed by atoms with E-state index in [1.165, 1.54) is 6.07 Å². The molecule has 4 rings (SSSR count). The Hall–Kier alpha value is -3.15. The van der Waals surface area contributed by atoms with Crippen LogP contribution in [0.25, 0.3) is 0 Å². The highest BCUT2D eigenvalue weighted by molar-refractivity contribution is 6.02. The van der Waals surface area contributed by atoms with Crippen LogP contribution in [-0.4, -0.2) is 25.9 Å². The minimum atomic E-state index is -0.555. The standard InChI is InChI=1S/C23H22FNO4/c1-28-14-7-8-21(29-2)16(11-14)13-9-19-23(20(26)10-13)17(12-22(27)25-19)15-5-3-4-6-18(15)24/h3-8,11,13,17H,9-10,12H2,1-2H3,(H,25,27). The lowest BCUT2D eigenvalue weighted by atomic mass is 9.73. The Morgan fingerprint density at radius 2 is 1.76 bits per heavy atom. The van der Waals surface area contributed by atoms with Gasteiger partial charge in [-0.1, -0.05) is 18.2 Å². The molecule has 1 heterocycles. The number of allylic oxidation sites excluding steroid dienone is 2. The fourth-order valence-electron chi connectivity index (χ4n) is 4.36. The molecular formula is C23H22FNO4. The van der Waals surface area contributed by atoms with Gasteiger partial charge in [0.25, 0.3) is 0 Å². The maximum atomic E-state index is 14.4. The molecular weight excluding hydrogens is 373 g/mol. The summed E-state index contributed by atoms with van der Waals surface area (Å²) < 4.78 is 25.2. The lowest BCUT2D eigenvalue weighted by Crippen LogP contribution is -2.38. The molecule has 150 valence electrons. The second kappa shape index (κ2) is 7.70. The molecule has 0 spiro atoms. The number of amides is 1. The van der Waals surface area contributed by atoms with E-state index in [1.807, 2.05) is 12.1 Å². The molecule has 0 fully saturated rings. The molecule has 0 saturated carbocycles. The first kappa shape index (κ1) is 19.2. The van der Waals surface area contributed by atoms with E-state index >= 15 is 0 Å². The van der Waals surface area contributed by atoms with Crippen LogP contribution in [0.5, 0.6) is 11.5 Å². The van der Waals surface area contributed by atoms with Gasteiger partial charge < -0.3 is 14.8 Å². The van der Waals surface area contributed by atoms with E-state index in [4.69, 9.17) is 9.47 Å². The summed E-state index contributed by atoms with van der Waals surface area (Å²) in [5, 5.41) is 2.86. The summed E-state index contributed by atoms with van der Waals surface area (Å²) >= 11 is 0. The molecule has 2 aromatic rings. The minimum Gasteiger partial charge on any atom is -0.497 e. The molecule has 2 aliphatic rings. The van der Waals surface area contributed by atoms with Crippen LogP contribution in [0, 0.1) is 5.82 Å². The van der Waals surface area contributed by atoms with E-state index < -0.39 is 11.7 Å². The maximum Gasteiger partial charge on any atom is 0.225 e. The van der Waals surface area contributed by atoms with Crippen molar-refractivity contribution >= 4 is 11.7 Å². The van der Waals surface area contributed by atoms with E-state index in [2.05, 4.69) is 5.32 Å². The van der Waals surface area contributed by atoms with Crippen molar-refractivity contribution in [3.05, 3.63) is 70.7 Å². The molecule has 2 aromatic carbocycles. The summed E-state index contributed by atoms with van der Waals surface area (Å²) in [7, 11) is 3.16. The summed E-state index contributed by atoms with van der Waals surface area (Å²) in [5.41, 5.74) is 2.35. The highest BCUT2D eigenvalue weighted by atomic mass is 19.1. The quantitative estimate of drug-likeness (QED) is 0.854. The zero-order chi connectivity index (χ0) is 20.5. The van der Waals surface area contributed by atoms with Gasteiger partial charge in [0.05, 0.1) is 14.2 Å². The molecule has 2 atom stereocenters. The van der Waals surface area contributed by atoms with Crippen LogP contribution in [0.15, 0.2) is 53.7 Å². The van der Waals surface area contributed by atoms with Gasteiger partial charge in [0.1, 0.15) is 17.3 Å². The highest BCUT2D eigenvalue weighted by Crippen LogP contribution is 2.45. The normalized spacial score (nSPS) is 21.5. The van der Waals surface area contributed by atoms with Crippen LogP contribution in [0.4, 0.5) is 4.39 Å². The topological polar surface area (TPSA) is 64.6 Å². The third-order valence-electron chi connectivity index (χ3n) is 5.69. The minimum absolute atomic E-state index is 0.0681. The Morgan fingerprint density at radius 3 is 2.48 bits per heavy atom. The van der Waals surface area contributed by atoms with E-state index in [9.17, 15) is 14.0 Å². The number of Topliss-reactive ketones (excluding diaryl/α,β-unsaturated/α-hetero) is 1. The molecule has 1 amide bonds. The van der Waals surface area contributed by atoms with E-state index in [-0.39, 0.29) is 30.4 Å². The SMILES string of the molecule is COc1ccc(OC)c(C2CC(=O)C3=C(C2)NC(=O)CC3c2ccccc2F)c1. The van der Waals surface area contributed by atoms with Gasteiger partial charge in [-0.05, 0) is 36.2 Å². The van der Waals surface area contributed by atoms with Gasteiger partial charge in [-0.15, -0.1) is 0 Å².